The van der Waals surface area contributed by atoms with Gasteiger partial charge in [0.05, 0.1) is 37.5 Å². The van der Waals surface area contributed by atoms with Crippen LogP contribution in [0.15, 0.2) is 40.1 Å². The molecule has 0 aliphatic carbocycles. The van der Waals surface area contributed by atoms with Crippen LogP contribution in [0.25, 0.3) is 10.9 Å². The van der Waals surface area contributed by atoms with Crippen LogP contribution in [0.5, 0.6) is 11.5 Å². The fourth-order valence-electron chi connectivity index (χ4n) is 4.07. The quantitative estimate of drug-likeness (QED) is 0.576. The largest absolute Gasteiger partial charge is 0.493 e. The Kier molecular flexibility index (Phi) is 6.03. The normalized spacial score (nSPS) is 16.2. The summed E-state index contributed by atoms with van der Waals surface area (Å²) in [4.78, 5) is 32.0. The molecule has 0 radical (unpaired) electrons. The molecule has 3 heterocycles. The van der Waals surface area contributed by atoms with Gasteiger partial charge in [0.1, 0.15) is 0 Å². The van der Waals surface area contributed by atoms with E-state index in [1.165, 1.54) is 19.0 Å². The molecule has 0 N–H and O–H groups in total. The van der Waals surface area contributed by atoms with Gasteiger partial charge in [-0.1, -0.05) is 0 Å². The Morgan fingerprint density at radius 3 is 2.80 bits per heavy atom. The molecule has 2 aromatic heterocycles. The van der Waals surface area contributed by atoms with E-state index in [0.717, 1.165) is 19.4 Å². The van der Waals surface area contributed by atoms with Gasteiger partial charge in [-0.05, 0) is 47.7 Å². The molecule has 1 aromatic carbocycles. The van der Waals surface area contributed by atoms with Crippen LogP contribution in [0.1, 0.15) is 37.3 Å². The van der Waals surface area contributed by atoms with Crippen LogP contribution in [0.4, 0.5) is 0 Å². The van der Waals surface area contributed by atoms with Crippen molar-refractivity contribution in [1.29, 1.82) is 0 Å². The number of ether oxygens (including phenoxy) is 2. The van der Waals surface area contributed by atoms with Crippen LogP contribution >= 0.6 is 11.3 Å². The average molecular weight is 428 g/mol. The zero-order chi connectivity index (χ0) is 21.1. The zero-order valence-electron chi connectivity index (χ0n) is 17.2. The number of hydrogen-bond donors (Lipinski definition) is 0. The van der Waals surface area contributed by atoms with E-state index in [4.69, 9.17) is 9.47 Å². The number of thiophene rings is 1. The summed E-state index contributed by atoms with van der Waals surface area (Å²) in [5.74, 6) is 1.17. The second-order valence-electron chi connectivity index (χ2n) is 7.37. The van der Waals surface area contributed by atoms with Gasteiger partial charge in [0, 0.05) is 25.6 Å². The molecule has 1 aliphatic heterocycles. The van der Waals surface area contributed by atoms with Gasteiger partial charge in [-0.2, -0.15) is 11.3 Å². The Morgan fingerprint density at radius 2 is 2.07 bits per heavy atom. The molecule has 0 spiro atoms. The number of rotatable bonds is 7. The third kappa shape index (κ3) is 3.92. The number of amides is 1. The summed E-state index contributed by atoms with van der Waals surface area (Å²) < 4.78 is 12.1. The summed E-state index contributed by atoms with van der Waals surface area (Å²) in [5.41, 5.74) is 1.64. The van der Waals surface area contributed by atoms with Crippen molar-refractivity contribution in [2.75, 3.05) is 20.8 Å². The molecule has 4 rings (SSSR count). The molecule has 3 aromatic rings. The molecule has 0 saturated carbocycles. The van der Waals surface area contributed by atoms with E-state index in [1.807, 2.05) is 4.90 Å². The van der Waals surface area contributed by atoms with Crippen molar-refractivity contribution in [2.45, 2.75) is 38.3 Å². The Morgan fingerprint density at radius 1 is 1.27 bits per heavy atom. The highest BCUT2D eigenvalue weighted by molar-refractivity contribution is 7.08. The van der Waals surface area contributed by atoms with Gasteiger partial charge in [-0.25, -0.2) is 4.98 Å². The number of likely N-dealkylation sites (tertiary alicyclic amines) is 1. The van der Waals surface area contributed by atoms with E-state index >= 15 is 0 Å². The fraction of sp³-hybridized carbons (Fsp3) is 0.409. The molecule has 0 bridgehead atoms. The van der Waals surface area contributed by atoms with E-state index in [9.17, 15) is 9.59 Å². The van der Waals surface area contributed by atoms with Gasteiger partial charge in [-0.3, -0.25) is 14.2 Å². The van der Waals surface area contributed by atoms with Crippen molar-refractivity contribution in [2.24, 2.45) is 0 Å². The van der Waals surface area contributed by atoms with E-state index in [1.54, 1.807) is 35.1 Å². The van der Waals surface area contributed by atoms with Crippen LogP contribution in [-0.2, 0) is 11.3 Å². The molecule has 158 valence electrons. The molecule has 7 nitrogen and oxygen atoms in total. The summed E-state index contributed by atoms with van der Waals surface area (Å²) >= 11 is 1.66. The molecule has 1 saturated heterocycles. The van der Waals surface area contributed by atoms with Gasteiger partial charge in [0.15, 0.2) is 11.5 Å². The smallest absolute Gasteiger partial charge is 0.261 e. The Hall–Kier alpha value is -2.87. The third-order valence-electron chi connectivity index (χ3n) is 5.62. The Labute approximate surface area is 178 Å². The van der Waals surface area contributed by atoms with Gasteiger partial charge >= 0.3 is 0 Å². The number of carbonyl (C=O) groups excluding carboxylic acids is 1. The summed E-state index contributed by atoms with van der Waals surface area (Å²) in [5, 5.41) is 4.65. The molecular formula is C22H25N3O4S. The highest BCUT2D eigenvalue weighted by Crippen LogP contribution is 2.33. The summed E-state index contributed by atoms with van der Waals surface area (Å²) in [6.45, 7) is 1.25. The van der Waals surface area contributed by atoms with E-state index in [2.05, 4.69) is 21.8 Å². The van der Waals surface area contributed by atoms with Crippen molar-refractivity contribution < 1.29 is 14.3 Å². The summed E-state index contributed by atoms with van der Waals surface area (Å²) in [6.07, 6.45) is 4.58. The molecular weight excluding hydrogens is 402 g/mol. The maximum Gasteiger partial charge on any atom is 0.261 e. The van der Waals surface area contributed by atoms with E-state index < -0.39 is 0 Å². The highest BCUT2D eigenvalue weighted by Gasteiger charge is 2.29. The number of aromatic nitrogens is 2. The first-order valence-corrected chi connectivity index (χ1v) is 11.0. The Bertz CT molecular complexity index is 1090. The van der Waals surface area contributed by atoms with E-state index in [0.29, 0.717) is 41.8 Å². The molecule has 0 unspecified atom stereocenters. The third-order valence-corrected chi connectivity index (χ3v) is 6.32. The van der Waals surface area contributed by atoms with Crippen molar-refractivity contribution in [1.82, 2.24) is 14.5 Å². The predicted molar refractivity (Wildman–Crippen MR) is 116 cm³/mol. The topological polar surface area (TPSA) is 73.7 Å². The number of carbonyl (C=O) groups is 1. The minimum absolute atomic E-state index is 0.147. The lowest BCUT2D eigenvalue weighted by atomic mass is 10.1. The number of aryl methyl sites for hydroxylation is 1. The first-order chi connectivity index (χ1) is 14.6. The standard InChI is InChI=1S/C22H25N3O4S/c1-28-19-11-16-17(12-20(19)29-2)23-14-24(22(16)27)8-4-6-21(26)25-9-3-5-18(25)15-7-10-30-13-15/h7,10-14,18H,3-6,8-9H2,1-2H3/t18-/m0/s1. The van der Waals surface area contributed by atoms with E-state index in [-0.39, 0.29) is 17.5 Å². The van der Waals surface area contributed by atoms with Crippen LogP contribution in [0.3, 0.4) is 0 Å². The minimum atomic E-state index is -0.147. The van der Waals surface area contributed by atoms with Crippen LogP contribution < -0.4 is 15.0 Å². The van der Waals surface area contributed by atoms with Gasteiger partial charge < -0.3 is 14.4 Å². The number of methoxy groups -OCH3 is 2. The SMILES string of the molecule is COc1cc2ncn(CCCC(=O)N3CCC[C@H]3c3ccsc3)c(=O)c2cc1OC. The molecule has 1 aliphatic rings. The van der Waals surface area contributed by atoms with Crippen molar-refractivity contribution in [3.63, 3.8) is 0 Å². The predicted octanol–water partition coefficient (Wildman–Crippen LogP) is 3.62. The molecule has 1 fully saturated rings. The summed E-state index contributed by atoms with van der Waals surface area (Å²) in [6, 6.07) is 5.64. The van der Waals surface area contributed by atoms with Crippen LogP contribution in [-0.4, -0.2) is 41.1 Å². The average Bonchev–Trinajstić information content (AvgIpc) is 3.46. The highest BCUT2D eigenvalue weighted by atomic mass is 32.1. The number of fused-ring (bicyclic) bond motifs is 1. The lowest BCUT2D eigenvalue weighted by Gasteiger charge is -2.24. The monoisotopic (exact) mass is 427 g/mol. The van der Waals surface area contributed by atoms with Gasteiger partial charge in [-0.15, -0.1) is 0 Å². The van der Waals surface area contributed by atoms with Crippen LogP contribution in [0, 0.1) is 0 Å². The molecule has 1 atom stereocenters. The molecule has 30 heavy (non-hydrogen) atoms. The number of nitrogens with zero attached hydrogens (tertiary/aromatic N) is 3. The second-order valence-corrected chi connectivity index (χ2v) is 8.15. The fourth-order valence-corrected chi connectivity index (χ4v) is 4.77. The lowest BCUT2D eigenvalue weighted by Crippen LogP contribution is -2.30. The summed E-state index contributed by atoms with van der Waals surface area (Å²) in [7, 11) is 3.08. The first kappa shape index (κ1) is 20.4. The van der Waals surface area contributed by atoms with Crippen molar-refractivity contribution in [3.05, 3.63) is 51.2 Å². The first-order valence-electron chi connectivity index (χ1n) is 10.0. The zero-order valence-corrected chi connectivity index (χ0v) is 18.0. The van der Waals surface area contributed by atoms with Gasteiger partial charge in [0.2, 0.25) is 5.91 Å². The number of benzene rings is 1. The molecule has 8 heteroatoms. The minimum Gasteiger partial charge on any atom is -0.493 e. The maximum atomic E-state index is 12.9. The maximum absolute atomic E-state index is 12.9. The second kappa shape index (κ2) is 8.87. The lowest BCUT2D eigenvalue weighted by molar-refractivity contribution is -0.132. The van der Waals surface area contributed by atoms with Crippen molar-refractivity contribution in [3.8, 4) is 11.5 Å². The number of hydrogen-bond acceptors (Lipinski definition) is 6. The Balaban J connectivity index is 1.44. The van der Waals surface area contributed by atoms with Crippen molar-refractivity contribution >= 4 is 28.1 Å². The van der Waals surface area contributed by atoms with Crippen LogP contribution in [0.2, 0.25) is 0 Å². The van der Waals surface area contributed by atoms with Gasteiger partial charge in [0.25, 0.3) is 5.56 Å². The molecule has 1 amide bonds.